The zero-order valence-electron chi connectivity index (χ0n) is 14.0. The van der Waals surface area contributed by atoms with E-state index in [1.807, 2.05) is 11.8 Å². The second kappa shape index (κ2) is 6.43. The molecule has 0 radical (unpaired) electrons. The van der Waals surface area contributed by atoms with Crippen LogP contribution in [0, 0.1) is 17.3 Å². The van der Waals surface area contributed by atoms with Crippen molar-refractivity contribution in [3.8, 4) is 0 Å². The molecule has 4 unspecified atom stereocenters. The molecule has 1 saturated heterocycles. The van der Waals surface area contributed by atoms with Crippen LogP contribution in [0.1, 0.15) is 47.5 Å². The first-order valence-electron chi connectivity index (χ1n) is 7.94. The monoisotopic (exact) mass is 318 g/mol. The third-order valence-corrected chi connectivity index (χ3v) is 5.83. The van der Waals surface area contributed by atoms with Crippen molar-refractivity contribution in [2.75, 3.05) is 19.7 Å². The Kier molecular flexibility index (Phi) is 5.73. The van der Waals surface area contributed by atoms with Crippen LogP contribution in [0.4, 0.5) is 0 Å². The van der Waals surface area contributed by atoms with Gasteiger partial charge in [-0.25, -0.2) is 0 Å². The smallest absolute Gasteiger partial charge is 0.243 e. The summed E-state index contributed by atoms with van der Waals surface area (Å²) in [6.07, 6.45) is 1.83. The van der Waals surface area contributed by atoms with Crippen molar-refractivity contribution in [1.82, 2.24) is 4.90 Å². The Morgan fingerprint density at radius 1 is 1.33 bits per heavy atom. The molecule has 2 aliphatic rings. The first-order chi connectivity index (χ1) is 9.24. The SMILES string of the molecule is CCOC1CC(N)(C(=O)N2CCC(C)C(C)C2)C1(C)C.Cl. The van der Waals surface area contributed by atoms with Crippen LogP contribution in [-0.4, -0.2) is 42.1 Å². The molecule has 2 N–H and O–H groups in total. The van der Waals surface area contributed by atoms with Gasteiger partial charge in [-0.3, -0.25) is 4.79 Å². The van der Waals surface area contributed by atoms with Crippen LogP contribution in [0.3, 0.4) is 0 Å². The van der Waals surface area contributed by atoms with Crippen LogP contribution in [-0.2, 0) is 9.53 Å². The zero-order valence-corrected chi connectivity index (χ0v) is 14.8. The highest BCUT2D eigenvalue weighted by molar-refractivity contribution is 5.89. The number of nitrogens with two attached hydrogens (primary N) is 1. The lowest BCUT2D eigenvalue weighted by atomic mass is 9.54. The lowest BCUT2D eigenvalue weighted by molar-refractivity contribution is -0.181. The molecule has 1 aliphatic carbocycles. The first kappa shape index (κ1) is 18.7. The van der Waals surface area contributed by atoms with Crippen LogP contribution >= 0.6 is 12.4 Å². The molecule has 0 bridgehead atoms. The van der Waals surface area contributed by atoms with Gasteiger partial charge < -0.3 is 15.4 Å². The van der Waals surface area contributed by atoms with Gasteiger partial charge in [-0.2, -0.15) is 0 Å². The minimum atomic E-state index is -0.757. The second-order valence-corrected chi connectivity index (χ2v) is 7.34. The maximum absolute atomic E-state index is 12.9. The van der Waals surface area contributed by atoms with Gasteiger partial charge in [0.25, 0.3) is 0 Å². The fourth-order valence-electron chi connectivity index (χ4n) is 3.53. The van der Waals surface area contributed by atoms with Gasteiger partial charge in [0.1, 0.15) is 5.54 Å². The summed E-state index contributed by atoms with van der Waals surface area (Å²) in [5.74, 6) is 1.37. The number of nitrogens with zero attached hydrogens (tertiary/aromatic N) is 1. The topological polar surface area (TPSA) is 55.6 Å². The van der Waals surface area contributed by atoms with Gasteiger partial charge in [-0.1, -0.05) is 27.7 Å². The summed E-state index contributed by atoms with van der Waals surface area (Å²) in [7, 11) is 0. The Balaban J connectivity index is 0.00000220. The Bertz CT molecular complexity index is 388. The molecule has 1 heterocycles. The van der Waals surface area contributed by atoms with Crippen LogP contribution in [0.25, 0.3) is 0 Å². The van der Waals surface area contributed by atoms with E-state index >= 15 is 0 Å². The number of carbonyl (C=O) groups excluding carboxylic acids is 1. The molecule has 124 valence electrons. The van der Waals surface area contributed by atoms with Crippen molar-refractivity contribution in [2.24, 2.45) is 23.0 Å². The number of hydrogen-bond donors (Lipinski definition) is 1. The Morgan fingerprint density at radius 2 is 1.95 bits per heavy atom. The molecule has 4 nitrogen and oxygen atoms in total. The van der Waals surface area contributed by atoms with E-state index in [1.165, 1.54) is 0 Å². The van der Waals surface area contributed by atoms with Crippen molar-refractivity contribution < 1.29 is 9.53 Å². The van der Waals surface area contributed by atoms with E-state index in [-0.39, 0.29) is 29.8 Å². The summed E-state index contributed by atoms with van der Waals surface area (Å²) in [5, 5.41) is 0. The summed E-state index contributed by atoms with van der Waals surface area (Å²) < 4.78 is 5.71. The predicted molar refractivity (Wildman–Crippen MR) is 87.5 cm³/mol. The summed E-state index contributed by atoms with van der Waals surface area (Å²) in [6.45, 7) is 13.0. The second-order valence-electron chi connectivity index (χ2n) is 7.34. The van der Waals surface area contributed by atoms with E-state index in [0.717, 1.165) is 19.5 Å². The van der Waals surface area contributed by atoms with Crippen molar-refractivity contribution in [1.29, 1.82) is 0 Å². The summed E-state index contributed by atoms with van der Waals surface area (Å²) in [6, 6.07) is 0. The van der Waals surface area contributed by atoms with Gasteiger partial charge in [0.2, 0.25) is 5.91 Å². The van der Waals surface area contributed by atoms with Crippen LogP contribution in [0.15, 0.2) is 0 Å². The van der Waals surface area contributed by atoms with Gasteiger partial charge in [-0.15, -0.1) is 12.4 Å². The molecular weight excluding hydrogens is 288 g/mol. The fraction of sp³-hybridized carbons (Fsp3) is 0.938. The van der Waals surface area contributed by atoms with Crippen LogP contribution in [0.5, 0.6) is 0 Å². The van der Waals surface area contributed by atoms with Gasteiger partial charge in [-0.05, 0) is 25.2 Å². The molecule has 0 aromatic heterocycles. The van der Waals surface area contributed by atoms with E-state index in [0.29, 0.717) is 24.9 Å². The molecule has 1 aliphatic heterocycles. The number of likely N-dealkylation sites (tertiary alicyclic amines) is 1. The van der Waals surface area contributed by atoms with E-state index in [1.54, 1.807) is 0 Å². The normalized spacial score (nSPS) is 38.4. The summed E-state index contributed by atoms with van der Waals surface area (Å²) >= 11 is 0. The van der Waals surface area contributed by atoms with Crippen molar-refractivity contribution in [3.63, 3.8) is 0 Å². The predicted octanol–water partition coefficient (Wildman–Crippen LogP) is 2.45. The van der Waals surface area contributed by atoms with Gasteiger partial charge in [0.05, 0.1) is 6.10 Å². The molecule has 0 aromatic carbocycles. The van der Waals surface area contributed by atoms with Gasteiger partial charge in [0, 0.05) is 31.5 Å². The number of ether oxygens (including phenoxy) is 1. The van der Waals surface area contributed by atoms with Crippen molar-refractivity contribution in [3.05, 3.63) is 0 Å². The fourth-order valence-corrected chi connectivity index (χ4v) is 3.53. The molecule has 21 heavy (non-hydrogen) atoms. The third-order valence-electron chi connectivity index (χ3n) is 5.83. The van der Waals surface area contributed by atoms with Gasteiger partial charge >= 0.3 is 0 Å². The third kappa shape index (κ3) is 2.95. The van der Waals surface area contributed by atoms with E-state index in [2.05, 4.69) is 27.7 Å². The maximum Gasteiger partial charge on any atom is 0.243 e. The molecule has 4 atom stereocenters. The highest BCUT2D eigenvalue weighted by Crippen LogP contribution is 2.50. The maximum atomic E-state index is 12.9. The molecule has 2 fully saturated rings. The van der Waals surface area contributed by atoms with E-state index in [4.69, 9.17) is 10.5 Å². The standard InChI is InChI=1S/C16H30N2O2.ClH/c1-6-20-13-9-16(17,15(13,4)5)14(19)18-8-7-11(2)12(3)10-18;/h11-13H,6-10,17H2,1-5H3;1H. The average Bonchev–Trinajstić information content (AvgIpc) is 2.40. The minimum Gasteiger partial charge on any atom is -0.378 e. The molecule has 5 heteroatoms. The minimum absolute atomic E-state index is 0. The molecule has 1 amide bonds. The first-order valence-corrected chi connectivity index (χ1v) is 7.94. The lowest BCUT2D eigenvalue weighted by Gasteiger charge is -2.59. The highest BCUT2D eigenvalue weighted by Gasteiger charge is 2.63. The van der Waals surface area contributed by atoms with Crippen LogP contribution < -0.4 is 5.73 Å². The Labute approximate surface area is 135 Å². The molecule has 0 aromatic rings. The Morgan fingerprint density at radius 3 is 2.43 bits per heavy atom. The van der Waals surface area contributed by atoms with E-state index < -0.39 is 5.54 Å². The number of hydrogen-bond acceptors (Lipinski definition) is 3. The zero-order chi connectivity index (χ0) is 15.1. The highest BCUT2D eigenvalue weighted by atomic mass is 35.5. The molecular formula is C16H31ClN2O2. The number of carbonyl (C=O) groups is 1. The Hall–Kier alpha value is -0.320. The lowest BCUT2D eigenvalue weighted by Crippen LogP contribution is -2.76. The number of rotatable bonds is 3. The molecule has 0 spiro atoms. The quantitative estimate of drug-likeness (QED) is 0.869. The number of amides is 1. The largest absolute Gasteiger partial charge is 0.378 e. The summed E-state index contributed by atoms with van der Waals surface area (Å²) in [4.78, 5) is 14.8. The van der Waals surface area contributed by atoms with Crippen molar-refractivity contribution in [2.45, 2.75) is 59.1 Å². The van der Waals surface area contributed by atoms with Crippen LogP contribution in [0.2, 0.25) is 0 Å². The molecule has 1 saturated carbocycles. The van der Waals surface area contributed by atoms with Crippen molar-refractivity contribution >= 4 is 18.3 Å². The van der Waals surface area contributed by atoms with Gasteiger partial charge in [0.15, 0.2) is 0 Å². The van der Waals surface area contributed by atoms with E-state index in [9.17, 15) is 4.79 Å². The number of piperidine rings is 1. The summed E-state index contributed by atoms with van der Waals surface area (Å²) in [5.41, 5.74) is 5.44. The molecule has 2 rings (SSSR count). The number of halogens is 1. The average molecular weight is 319 g/mol.